The van der Waals surface area contributed by atoms with Crippen molar-refractivity contribution in [2.24, 2.45) is 0 Å². The number of aryl methyl sites for hydroxylation is 3. The highest BCUT2D eigenvalue weighted by Gasteiger charge is 2.27. The molecular weight excluding hydrogens is 592 g/mol. The molecular formula is C33H38N6O5S. The average molecular weight is 631 g/mol. The largest absolute Gasteiger partial charge is 0.493 e. The molecule has 5 rings (SSSR count). The van der Waals surface area contributed by atoms with Crippen molar-refractivity contribution in [1.29, 1.82) is 0 Å². The van der Waals surface area contributed by atoms with Crippen LogP contribution in [0.2, 0.25) is 0 Å². The SMILES string of the molecule is Cc1ccc2cc1OCCCn1cc(nn1)CCN(C(=O)c1cc(C)c(-c3ccccc3)s1)CCNC(=O)[C@H]([C@@H](C)O)NC2=O. The number of aromatic nitrogens is 3. The van der Waals surface area contributed by atoms with Crippen LogP contribution < -0.4 is 15.4 Å². The van der Waals surface area contributed by atoms with Crippen molar-refractivity contribution < 1.29 is 24.2 Å². The number of nitrogens with one attached hydrogen (secondary N) is 2. The smallest absolute Gasteiger partial charge is 0.264 e. The molecule has 3 heterocycles. The summed E-state index contributed by atoms with van der Waals surface area (Å²) in [6.07, 6.45) is 1.85. The van der Waals surface area contributed by atoms with E-state index in [-0.39, 0.29) is 19.0 Å². The first-order valence-electron chi connectivity index (χ1n) is 15.0. The molecule has 1 aliphatic rings. The van der Waals surface area contributed by atoms with Crippen molar-refractivity contribution in [3.8, 4) is 16.2 Å². The van der Waals surface area contributed by atoms with Gasteiger partial charge in [-0.3, -0.25) is 19.1 Å². The number of hydrogen-bond acceptors (Lipinski definition) is 8. The number of carbonyl (C=O) groups excluding carboxylic acids is 3. The van der Waals surface area contributed by atoms with Gasteiger partial charge in [-0.25, -0.2) is 0 Å². The van der Waals surface area contributed by atoms with Gasteiger partial charge in [0.05, 0.1) is 23.3 Å². The minimum Gasteiger partial charge on any atom is -0.493 e. The van der Waals surface area contributed by atoms with E-state index in [1.165, 1.54) is 18.3 Å². The molecule has 0 aliphatic carbocycles. The zero-order valence-electron chi connectivity index (χ0n) is 25.7. The number of aliphatic hydroxyl groups is 1. The van der Waals surface area contributed by atoms with Crippen molar-refractivity contribution in [3.63, 3.8) is 0 Å². The van der Waals surface area contributed by atoms with E-state index in [2.05, 4.69) is 20.9 Å². The second kappa shape index (κ2) is 14.5. The van der Waals surface area contributed by atoms with Crippen molar-refractivity contribution in [1.82, 2.24) is 30.5 Å². The minimum atomic E-state index is -1.19. The highest BCUT2D eigenvalue weighted by Crippen LogP contribution is 2.33. The van der Waals surface area contributed by atoms with Crippen LogP contribution in [0.1, 0.15) is 50.2 Å². The van der Waals surface area contributed by atoms with E-state index in [1.54, 1.807) is 27.8 Å². The van der Waals surface area contributed by atoms with Crippen LogP contribution in [0.5, 0.6) is 5.75 Å². The van der Waals surface area contributed by atoms with Gasteiger partial charge in [0.15, 0.2) is 0 Å². The van der Waals surface area contributed by atoms with Gasteiger partial charge in [-0.15, -0.1) is 16.4 Å². The van der Waals surface area contributed by atoms with E-state index in [0.717, 1.165) is 27.3 Å². The van der Waals surface area contributed by atoms with Crippen LogP contribution in [0.15, 0.2) is 60.8 Å². The molecule has 2 aromatic carbocycles. The Bertz CT molecular complexity index is 1650. The molecule has 4 bridgehead atoms. The van der Waals surface area contributed by atoms with Crippen molar-refractivity contribution in [2.75, 3.05) is 26.2 Å². The van der Waals surface area contributed by atoms with Crippen LogP contribution in [-0.4, -0.2) is 81.1 Å². The first-order valence-corrected chi connectivity index (χ1v) is 15.9. The van der Waals surface area contributed by atoms with Gasteiger partial charge < -0.3 is 25.4 Å². The zero-order chi connectivity index (χ0) is 31.9. The minimum absolute atomic E-state index is 0.120. The fourth-order valence-electron chi connectivity index (χ4n) is 5.11. The second-order valence-electron chi connectivity index (χ2n) is 11.2. The molecule has 0 fully saturated rings. The van der Waals surface area contributed by atoms with Crippen LogP contribution in [-0.2, 0) is 17.8 Å². The molecule has 45 heavy (non-hydrogen) atoms. The lowest BCUT2D eigenvalue weighted by Gasteiger charge is -2.24. The number of thiophene rings is 1. The Morgan fingerprint density at radius 2 is 1.84 bits per heavy atom. The summed E-state index contributed by atoms with van der Waals surface area (Å²) in [4.78, 5) is 43.4. The van der Waals surface area contributed by atoms with E-state index < -0.39 is 24.0 Å². The lowest BCUT2D eigenvalue weighted by molar-refractivity contribution is -0.125. The number of carbonyl (C=O) groups is 3. The Labute approximate surface area is 266 Å². The van der Waals surface area contributed by atoms with Crippen molar-refractivity contribution in [2.45, 2.75) is 52.3 Å². The third-order valence-corrected chi connectivity index (χ3v) is 8.92. The molecule has 0 spiro atoms. The van der Waals surface area contributed by atoms with Crippen molar-refractivity contribution >= 4 is 29.1 Å². The number of benzene rings is 2. The Balaban J connectivity index is 1.37. The fourth-order valence-corrected chi connectivity index (χ4v) is 6.25. The van der Waals surface area contributed by atoms with Crippen LogP contribution in [0, 0.1) is 13.8 Å². The maximum atomic E-state index is 13.8. The van der Waals surface area contributed by atoms with Gasteiger partial charge in [-0.05, 0) is 55.7 Å². The molecule has 12 heteroatoms. The summed E-state index contributed by atoms with van der Waals surface area (Å²) in [5.41, 5.74) is 3.99. The summed E-state index contributed by atoms with van der Waals surface area (Å²) in [6, 6.07) is 15.7. The van der Waals surface area contributed by atoms with Crippen molar-refractivity contribution in [3.05, 3.63) is 88.1 Å². The number of rotatable bonds is 3. The maximum Gasteiger partial charge on any atom is 0.264 e. The average Bonchev–Trinajstić information content (AvgIpc) is 3.66. The quantitative estimate of drug-likeness (QED) is 0.316. The molecule has 0 saturated heterocycles. The number of aliphatic hydroxyl groups excluding tert-OH is 1. The molecule has 0 radical (unpaired) electrons. The third-order valence-electron chi connectivity index (χ3n) is 7.65. The number of amides is 3. The summed E-state index contributed by atoms with van der Waals surface area (Å²) in [5, 5.41) is 24.4. The van der Waals surface area contributed by atoms with Gasteiger partial charge in [0.25, 0.3) is 11.8 Å². The van der Waals surface area contributed by atoms with Crippen LogP contribution >= 0.6 is 11.3 Å². The Kier molecular flexibility index (Phi) is 10.3. The second-order valence-corrected chi connectivity index (χ2v) is 12.2. The monoisotopic (exact) mass is 630 g/mol. The summed E-state index contributed by atoms with van der Waals surface area (Å²) in [5.74, 6) is -0.646. The predicted molar refractivity (Wildman–Crippen MR) is 171 cm³/mol. The summed E-state index contributed by atoms with van der Waals surface area (Å²) < 4.78 is 7.71. The van der Waals surface area contributed by atoms with Crippen LogP contribution in [0.25, 0.3) is 10.4 Å². The Hall–Kier alpha value is -4.55. The first-order chi connectivity index (χ1) is 21.7. The summed E-state index contributed by atoms with van der Waals surface area (Å²) in [6.45, 7) is 7.01. The molecule has 0 saturated carbocycles. The van der Waals surface area contributed by atoms with Gasteiger partial charge >= 0.3 is 0 Å². The third kappa shape index (κ3) is 7.95. The molecule has 2 aromatic heterocycles. The lowest BCUT2D eigenvalue weighted by Crippen LogP contribution is -2.53. The molecule has 3 amide bonds. The number of nitrogens with zero attached hydrogens (tertiary/aromatic N) is 4. The van der Waals surface area contributed by atoms with E-state index in [4.69, 9.17) is 4.74 Å². The number of ether oxygens (including phenoxy) is 1. The van der Waals surface area contributed by atoms with E-state index >= 15 is 0 Å². The topological polar surface area (TPSA) is 139 Å². The van der Waals surface area contributed by atoms with Gasteiger partial charge in [-0.2, -0.15) is 0 Å². The summed E-state index contributed by atoms with van der Waals surface area (Å²) in [7, 11) is 0. The lowest BCUT2D eigenvalue weighted by atomic mass is 10.1. The van der Waals surface area contributed by atoms with E-state index in [9.17, 15) is 19.5 Å². The highest BCUT2D eigenvalue weighted by atomic mass is 32.1. The molecule has 2 atom stereocenters. The maximum absolute atomic E-state index is 13.8. The standard InChI is InChI=1S/C33H38N6O5S/c1-21-10-11-25-19-27(21)44-17-7-14-39-20-26(36-37-39)12-15-38(16-13-34-32(42)29(23(3)40)35-31(25)41)33(43)28-18-22(2)30(45-28)24-8-5-4-6-9-24/h4-6,8-11,18-20,23,29,40H,7,12-17H2,1-3H3,(H,34,42)(H,35,41)/t23-,29+/m1/s1. The van der Waals surface area contributed by atoms with Gasteiger partial charge in [0.2, 0.25) is 5.91 Å². The molecule has 3 N–H and O–H groups in total. The van der Waals surface area contributed by atoms with Crippen LogP contribution in [0.3, 0.4) is 0 Å². The zero-order valence-corrected chi connectivity index (χ0v) is 26.5. The molecule has 4 aromatic rings. The van der Waals surface area contributed by atoms with Gasteiger partial charge in [-0.1, -0.05) is 41.6 Å². The molecule has 236 valence electrons. The molecule has 11 nitrogen and oxygen atoms in total. The van der Waals surface area contributed by atoms with Gasteiger partial charge in [0, 0.05) is 55.7 Å². The number of hydrogen-bond donors (Lipinski definition) is 3. The number of fused-ring (bicyclic) bond motifs is 4. The van der Waals surface area contributed by atoms with E-state index in [1.807, 2.05) is 56.4 Å². The fraction of sp³-hybridized carbons (Fsp3) is 0.364. The van der Waals surface area contributed by atoms with E-state index in [0.29, 0.717) is 48.7 Å². The predicted octanol–water partition coefficient (Wildman–Crippen LogP) is 3.39. The first kappa shape index (κ1) is 31.9. The molecule has 0 unspecified atom stereocenters. The summed E-state index contributed by atoms with van der Waals surface area (Å²) >= 11 is 1.44. The Morgan fingerprint density at radius 3 is 2.62 bits per heavy atom. The van der Waals surface area contributed by atoms with Crippen LogP contribution in [0.4, 0.5) is 0 Å². The highest BCUT2D eigenvalue weighted by molar-refractivity contribution is 7.17. The van der Waals surface area contributed by atoms with Gasteiger partial charge in [0.1, 0.15) is 11.8 Å². The normalized spacial score (nSPS) is 17.5. The Morgan fingerprint density at radius 1 is 1.04 bits per heavy atom. The molecule has 1 aliphatic heterocycles.